The summed E-state index contributed by atoms with van der Waals surface area (Å²) in [4.78, 5) is 32.7. The molecule has 0 fully saturated rings. The standard InChI is InChI=1S/C22H24N4O5/c1-22(2,9-11-30-19-6-4-5-10-24-19)26-21(28)20(27)25-15-7-8-16(17(12-15)29-3)18-13-23-14-31-18/h4-8,10,12-14H,9,11H2,1-3H3,(H,25,27)(H,26,28). The fraction of sp³-hybridized carbons (Fsp3) is 0.273. The molecule has 0 aliphatic carbocycles. The number of ether oxygens (including phenoxy) is 2. The minimum absolute atomic E-state index is 0.339. The Kier molecular flexibility index (Phi) is 6.86. The van der Waals surface area contributed by atoms with E-state index < -0.39 is 17.4 Å². The van der Waals surface area contributed by atoms with Crippen molar-refractivity contribution < 1.29 is 23.5 Å². The number of rotatable bonds is 8. The minimum atomic E-state index is -0.784. The summed E-state index contributed by atoms with van der Waals surface area (Å²) in [5.74, 6) is -0.0245. The van der Waals surface area contributed by atoms with Gasteiger partial charge in [-0.15, -0.1) is 0 Å². The van der Waals surface area contributed by atoms with Crippen molar-refractivity contribution in [2.45, 2.75) is 25.8 Å². The van der Waals surface area contributed by atoms with E-state index in [9.17, 15) is 9.59 Å². The summed E-state index contributed by atoms with van der Waals surface area (Å²) in [6.07, 6.45) is 5.00. The summed E-state index contributed by atoms with van der Waals surface area (Å²) in [6.45, 7) is 3.97. The monoisotopic (exact) mass is 424 g/mol. The van der Waals surface area contributed by atoms with Crippen LogP contribution in [0.3, 0.4) is 0 Å². The van der Waals surface area contributed by atoms with Crippen LogP contribution in [0.15, 0.2) is 59.6 Å². The zero-order chi connectivity index (χ0) is 22.3. The second kappa shape index (κ2) is 9.75. The quantitative estimate of drug-likeness (QED) is 0.534. The van der Waals surface area contributed by atoms with Crippen molar-refractivity contribution in [3.05, 3.63) is 55.2 Å². The Bertz CT molecular complexity index is 1020. The van der Waals surface area contributed by atoms with E-state index in [4.69, 9.17) is 13.9 Å². The van der Waals surface area contributed by atoms with Crippen molar-refractivity contribution in [1.29, 1.82) is 0 Å². The Labute approximate surface area is 179 Å². The minimum Gasteiger partial charge on any atom is -0.496 e. The zero-order valence-electron chi connectivity index (χ0n) is 17.5. The fourth-order valence-electron chi connectivity index (χ4n) is 2.78. The van der Waals surface area contributed by atoms with E-state index in [1.165, 1.54) is 13.5 Å². The number of aromatic nitrogens is 2. The van der Waals surface area contributed by atoms with E-state index in [-0.39, 0.29) is 0 Å². The van der Waals surface area contributed by atoms with Gasteiger partial charge in [0.25, 0.3) is 0 Å². The molecule has 31 heavy (non-hydrogen) atoms. The Morgan fingerprint density at radius 1 is 1.16 bits per heavy atom. The largest absolute Gasteiger partial charge is 0.496 e. The van der Waals surface area contributed by atoms with Gasteiger partial charge in [-0.25, -0.2) is 9.97 Å². The lowest BCUT2D eigenvalue weighted by Gasteiger charge is -2.25. The summed E-state index contributed by atoms with van der Waals surface area (Å²) in [6, 6.07) is 10.3. The lowest BCUT2D eigenvalue weighted by atomic mass is 10.0. The Balaban J connectivity index is 1.55. The highest BCUT2D eigenvalue weighted by atomic mass is 16.5. The van der Waals surface area contributed by atoms with Gasteiger partial charge in [-0.2, -0.15) is 0 Å². The second-order valence-electron chi connectivity index (χ2n) is 7.34. The summed E-state index contributed by atoms with van der Waals surface area (Å²) in [5, 5.41) is 5.29. The molecule has 0 radical (unpaired) electrons. The number of benzene rings is 1. The molecule has 0 unspecified atom stereocenters. The number of carbonyl (C=O) groups is 2. The van der Waals surface area contributed by atoms with Gasteiger partial charge in [0, 0.05) is 36.0 Å². The van der Waals surface area contributed by atoms with Crippen LogP contribution in [0.5, 0.6) is 11.6 Å². The molecule has 0 saturated heterocycles. The van der Waals surface area contributed by atoms with Crippen LogP contribution in [0.25, 0.3) is 11.3 Å². The van der Waals surface area contributed by atoms with E-state index in [1.807, 2.05) is 19.9 Å². The van der Waals surface area contributed by atoms with E-state index in [0.717, 1.165) is 0 Å². The number of anilines is 1. The first-order valence-corrected chi connectivity index (χ1v) is 9.62. The third kappa shape index (κ3) is 6.05. The van der Waals surface area contributed by atoms with Crippen molar-refractivity contribution in [1.82, 2.24) is 15.3 Å². The molecule has 162 valence electrons. The topological polar surface area (TPSA) is 116 Å². The number of nitrogens with zero attached hydrogens (tertiary/aromatic N) is 2. The van der Waals surface area contributed by atoms with Crippen LogP contribution in [-0.4, -0.2) is 41.0 Å². The van der Waals surface area contributed by atoms with Gasteiger partial charge >= 0.3 is 11.8 Å². The van der Waals surface area contributed by atoms with Crippen LogP contribution in [0, 0.1) is 0 Å². The number of oxazole rings is 1. The predicted molar refractivity (Wildman–Crippen MR) is 114 cm³/mol. The van der Waals surface area contributed by atoms with E-state index in [0.29, 0.717) is 41.7 Å². The number of nitrogens with one attached hydrogen (secondary N) is 2. The Hall–Kier alpha value is -3.88. The summed E-state index contributed by atoms with van der Waals surface area (Å²) >= 11 is 0. The third-order valence-corrected chi connectivity index (χ3v) is 4.43. The van der Waals surface area contributed by atoms with Crippen LogP contribution in [0.1, 0.15) is 20.3 Å². The lowest BCUT2D eigenvalue weighted by Crippen LogP contribution is -2.48. The molecule has 3 aromatic rings. The molecule has 9 nitrogen and oxygen atoms in total. The number of methoxy groups -OCH3 is 1. The van der Waals surface area contributed by atoms with E-state index >= 15 is 0 Å². The van der Waals surface area contributed by atoms with Gasteiger partial charge in [-0.05, 0) is 32.0 Å². The second-order valence-corrected chi connectivity index (χ2v) is 7.34. The Morgan fingerprint density at radius 2 is 2.00 bits per heavy atom. The maximum Gasteiger partial charge on any atom is 0.313 e. The first-order chi connectivity index (χ1) is 14.9. The average molecular weight is 424 g/mol. The molecule has 0 saturated carbocycles. The highest BCUT2D eigenvalue weighted by molar-refractivity contribution is 6.39. The molecule has 9 heteroatoms. The van der Waals surface area contributed by atoms with Crippen molar-refractivity contribution in [3.63, 3.8) is 0 Å². The van der Waals surface area contributed by atoms with Gasteiger partial charge in [0.2, 0.25) is 5.88 Å². The molecule has 2 heterocycles. The smallest absolute Gasteiger partial charge is 0.313 e. The molecule has 0 aliphatic rings. The number of amides is 2. The van der Waals surface area contributed by atoms with Gasteiger partial charge in [-0.1, -0.05) is 6.07 Å². The van der Waals surface area contributed by atoms with Crippen molar-refractivity contribution >= 4 is 17.5 Å². The predicted octanol–water partition coefficient (Wildman–Crippen LogP) is 3.05. The van der Waals surface area contributed by atoms with E-state index in [1.54, 1.807) is 42.7 Å². The zero-order valence-corrected chi connectivity index (χ0v) is 17.5. The fourth-order valence-corrected chi connectivity index (χ4v) is 2.78. The van der Waals surface area contributed by atoms with Crippen molar-refractivity contribution in [2.75, 3.05) is 19.0 Å². The van der Waals surface area contributed by atoms with Crippen molar-refractivity contribution in [2.24, 2.45) is 0 Å². The maximum absolute atomic E-state index is 12.4. The molecule has 2 N–H and O–H groups in total. The van der Waals surface area contributed by atoms with Crippen LogP contribution >= 0.6 is 0 Å². The molecule has 0 spiro atoms. The number of hydrogen-bond donors (Lipinski definition) is 2. The molecule has 2 aromatic heterocycles. The number of hydrogen-bond acceptors (Lipinski definition) is 7. The molecule has 0 bridgehead atoms. The summed E-state index contributed by atoms with van der Waals surface area (Å²) < 4.78 is 16.2. The molecule has 2 amide bonds. The SMILES string of the molecule is COc1cc(NC(=O)C(=O)NC(C)(C)CCOc2ccccn2)ccc1-c1cnco1. The normalized spacial score (nSPS) is 10.9. The van der Waals surface area contributed by atoms with Gasteiger partial charge < -0.3 is 24.5 Å². The first-order valence-electron chi connectivity index (χ1n) is 9.62. The third-order valence-electron chi connectivity index (χ3n) is 4.43. The Morgan fingerprint density at radius 3 is 2.68 bits per heavy atom. The van der Waals surface area contributed by atoms with Gasteiger partial charge in [0.15, 0.2) is 12.2 Å². The highest BCUT2D eigenvalue weighted by Gasteiger charge is 2.25. The number of pyridine rings is 1. The van der Waals surface area contributed by atoms with Gasteiger partial charge in [-0.3, -0.25) is 9.59 Å². The lowest BCUT2D eigenvalue weighted by molar-refractivity contribution is -0.137. The molecule has 0 atom stereocenters. The van der Waals surface area contributed by atoms with Crippen LogP contribution in [0.4, 0.5) is 5.69 Å². The van der Waals surface area contributed by atoms with Crippen LogP contribution in [0.2, 0.25) is 0 Å². The van der Waals surface area contributed by atoms with Crippen LogP contribution < -0.4 is 20.1 Å². The number of carbonyl (C=O) groups excluding carboxylic acids is 2. The van der Waals surface area contributed by atoms with Gasteiger partial charge in [0.05, 0.1) is 25.5 Å². The first kappa shape index (κ1) is 21.8. The maximum atomic E-state index is 12.4. The molecular weight excluding hydrogens is 400 g/mol. The summed E-state index contributed by atoms with van der Waals surface area (Å²) in [7, 11) is 1.50. The molecular formula is C22H24N4O5. The van der Waals surface area contributed by atoms with Crippen LogP contribution in [-0.2, 0) is 9.59 Å². The molecule has 0 aliphatic heterocycles. The summed E-state index contributed by atoms with van der Waals surface area (Å²) in [5.41, 5.74) is 0.435. The van der Waals surface area contributed by atoms with E-state index in [2.05, 4.69) is 20.6 Å². The van der Waals surface area contributed by atoms with Gasteiger partial charge in [0.1, 0.15) is 5.75 Å². The average Bonchev–Trinajstić information content (AvgIpc) is 3.28. The van der Waals surface area contributed by atoms with Crippen molar-refractivity contribution in [3.8, 4) is 23.0 Å². The highest BCUT2D eigenvalue weighted by Crippen LogP contribution is 2.32. The molecule has 3 rings (SSSR count). The molecule has 1 aromatic carbocycles.